The Balaban J connectivity index is 1.69. The predicted molar refractivity (Wildman–Crippen MR) is 116 cm³/mol. The average Bonchev–Trinajstić information content (AvgIpc) is 2.98. The van der Waals surface area contributed by atoms with E-state index in [2.05, 4.69) is 5.32 Å². The first kappa shape index (κ1) is 22.1. The molecule has 32 heavy (non-hydrogen) atoms. The van der Waals surface area contributed by atoms with Crippen LogP contribution < -0.4 is 16.2 Å². The van der Waals surface area contributed by atoms with Crippen LogP contribution in [0.3, 0.4) is 0 Å². The van der Waals surface area contributed by atoms with Gasteiger partial charge in [-0.1, -0.05) is 35.9 Å². The Kier molecular flexibility index (Phi) is 5.37. The van der Waals surface area contributed by atoms with E-state index < -0.39 is 34.6 Å². The number of carbonyl (C=O) groups is 1. The van der Waals surface area contributed by atoms with E-state index in [9.17, 15) is 22.4 Å². The van der Waals surface area contributed by atoms with Crippen LogP contribution in [0.15, 0.2) is 60.7 Å². The van der Waals surface area contributed by atoms with Gasteiger partial charge in [0.05, 0.1) is 16.7 Å². The topological polar surface area (TPSA) is 38.3 Å². The second kappa shape index (κ2) is 7.78. The minimum atomic E-state index is -4.86. The normalized spacial score (nSPS) is 14.9. The lowest BCUT2D eigenvalue weighted by Crippen LogP contribution is -2.41. The van der Waals surface area contributed by atoms with E-state index in [0.29, 0.717) is 11.8 Å². The lowest BCUT2D eigenvalue weighted by Gasteiger charge is -2.21. The largest absolute Gasteiger partial charge is 0.418 e. The molecule has 0 spiro atoms. The SMILES string of the molecule is Cc1ccc(B2OC(C)(C)c3ccc(NC(=O)c4ccc(F)cc4C(F)(F)F)cc32)cc1. The van der Waals surface area contributed by atoms with Gasteiger partial charge >= 0.3 is 13.1 Å². The first-order valence-electron chi connectivity index (χ1n) is 10.0. The predicted octanol–water partition coefficient (Wildman–Crippen LogP) is 4.78. The molecule has 0 bridgehead atoms. The Labute approximate surface area is 183 Å². The maximum atomic E-state index is 13.4. The molecule has 0 unspecified atom stereocenters. The fraction of sp³-hybridized carbons (Fsp3) is 0.208. The van der Waals surface area contributed by atoms with Gasteiger partial charge < -0.3 is 9.97 Å². The molecule has 0 aliphatic carbocycles. The third-order valence-electron chi connectivity index (χ3n) is 5.56. The summed E-state index contributed by atoms with van der Waals surface area (Å²) < 4.78 is 59.5. The van der Waals surface area contributed by atoms with Crippen molar-refractivity contribution in [2.45, 2.75) is 32.5 Å². The smallest absolute Gasteiger partial charge is 0.417 e. The molecule has 3 aromatic rings. The van der Waals surface area contributed by atoms with Crippen molar-refractivity contribution in [1.29, 1.82) is 0 Å². The lowest BCUT2D eigenvalue weighted by atomic mass is 9.55. The van der Waals surface area contributed by atoms with Crippen LogP contribution in [0.5, 0.6) is 0 Å². The first-order chi connectivity index (χ1) is 15.0. The number of aryl methyl sites for hydroxylation is 1. The quantitative estimate of drug-likeness (QED) is 0.470. The Morgan fingerprint density at radius 3 is 2.34 bits per heavy atom. The van der Waals surface area contributed by atoms with Crippen LogP contribution in [-0.2, 0) is 16.4 Å². The molecule has 0 aromatic heterocycles. The van der Waals surface area contributed by atoms with E-state index >= 15 is 0 Å². The molecule has 1 amide bonds. The van der Waals surface area contributed by atoms with Gasteiger partial charge in [0.2, 0.25) is 0 Å². The van der Waals surface area contributed by atoms with Gasteiger partial charge in [-0.3, -0.25) is 4.79 Å². The summed E-state index contributed by atoms with van der Waals surface area (Å²) in [5.74, 6) is -2.03. The van der Waals surface area contributed by atoms with E-state index in [0.717, 1.165) is 34.2 Å². The van der Waals surface area contributed by atoms with Gasteiger partial charge in [0.15, 0.2) is 0 Å². The number of nitrogens with one attached hydrogen (secondary N) is 1. The summed E-state index contributed by atoms with van der Waals surface area (Å²) in [6.07, 6.45) is -4.86. The van der Waals surface area contributed by atoms with Gasteiger partial charge in [-0.2, -0.15) is 13.2 Å². The molecule has 0 fully saturated rings. The van der Waals surface area contributed by atoms with Crippen molar-refractivity contribution < 1.29 is 27.0 Å². The molecule has 3 aromatic carbocycles. The van der Waals surface area contributed by atoms with Crippen LogP contribution in [0.4, 0.5) is 23.2 Å². The average molecular weight is 441 g/mol. The van der Waals surface area contributed by atoms with Gasteiger partial charge in [-0.25, -0.2) is 4.39 Å². The summed E-state index contributed by atoms with van der Waals surface area (Å²) in [6, 6.07) is 15.0. The van der Waals surface area contributed by atoms with E-state index in [1.165, 1.54) is 0 Å². The van der Waals surface area contributed by atoms with Crippen molar-refractivity contribution in [2.75, 3.05) is 5.32 Å². The van der Waals surface area contributed by atoms with Crippen molar-refractivity contribution in [3.63, 3.8) is 0 Å². The van der Waals surface area contributed by atoms with Crippen LogP contribution in [0.2, 0.25) is 0 Å². The zero-order valence-corrected chi connectivity index (χ0v) is 17.7. The molecule has 1 aliphatic heterocycles. The number of halogens is 4. The highest BCUT2D eigenvalue weighted by Gasteiger charge is 2.42. The molecule has 1 N–H and O–H groups in total. The number of rotatable bonds is 3. The highest BCUT2D eigenvalue weighted by Crippen LogP contribution is 2.34. The number of anilines is 1. The zero-order chi connectivity index (χ0) is 23.3. The van der Waals surface area contributed by atoms with Crippen molar-refractivity contribution in [3.05, 3.63) is 88.7 Å². The molecule has 4 rings (SSSR count). The molecule has 0 radical (unpaired) electrons. The summed E-state index contributed by atoms with van der Waals surface area (Å²) in [7, 11) is 0. The number of alkyl halides is 3. The summed E-state index contributed by atoms with van der Waals surface area (Å²) in [5, 5.41) is 2.51. The highest BCUT2D eigenvalue weighted by molar-refractivity contribution is 6.81. The van der Waals surface area contributed by atoms with E-state index in [-0.39, 0.29) is 6.92 Å². The van der Waals surface area contributed by atoms with Crippen LogP contribution in [0.25, 0.3) is 0 Å². The Morgan fingerprint density at radius 2 is 1.69 bits per heavy atom. The summed E-state index contributed by atoms with van der Waals surface area (Å²) >= 11 is 0. The molecular formula is C24H20BF4NO2. The van der Waals surface area contributed by atoms with Gasteiger partial charge in [-0.15, -0.1) is 0 Å². The second-order valence-electron chi connectivity index (χ2n) is 8.36. The van der Waals surface area contributed by atoms with Gasteiger partial charge in [-0.05, 0) is 67.6 Å². The third-order valence-corrected chi connectivity index (χ3v) is 5.56. The number of hydrogen-bond acceptors (Lipinski definition) is 2. The fourth-order valence-electron chi connectivity index (χ4n) is 3.96. The van der Waals surface area contributed by atoms with Gasteiger partial charge in [0.25, 0.3) is 5.91 Å². The number of benzene rings is 3. The summed E-state index contributed by atoms with van der Waals surface area (Å²) in [5.41, 5.74) is 1.57. The monoisotopic (exact) mass is 441 g/mol. The van der Waals surface area contributed by atoms with Crippen molar-refractivity contribution in [3.8, 4) is 0 Å². The van der Waals surface area contributed by atoms with Crippen LogP contribution in [-0.4, -0.2) is 12.8 Å². The number of carbonyl (C=O) groups excluding carboxylic acids is 1. The molecule has 0 atom stereocenters. The Hall–Kier alpha value is -3.13. The number of fused-ring (bicyclic) bond motifs is 1. The Bertz CT molecular complexity index is 1190. The van der Waals surface area contributed by atoms with Gasteiger partial charge in [0.1, 0.15) is 5.82 Å². The molecule has 0 saturated heterocycles. The summed E-state index contributed by atoms with van der Waals surface area (Å²) in [6.45, 7) is 5.47. The molecule has 0 saturated carbocycles. The molecule has 1 heterocycles. The zero-order valence-electron chi connectivity index (χ0n) is 17.7. The minimum Gasteiger partial charge on any atom is -0.418 e. The second-order valence-corrected chi connectivity index (χ2v) is 8.36. The number of amides is 1. The molecular weight excluding hydrogens is 421 g/mol. The van der Waals surface area contributed by atoms with E-state index in [1.54, 1.807) is 18.2 Å². The highest BCUT2D eigenvalue weighted by atomic mass is 19.4. The third kappa shape index (κ3) is 4.15. The van der Waals surface area contributed by atoms with E-state index in [4.69, 9.17) is 4.65 Å². The molecule has 8 heteroatoms. The van der Waals surface area contributed by atoms with Gasteiger partial charge in [0, 0.05) is 5.69 Å². The van der Waals surface area contributed by atoms with Crippen LogP contribution in [0, 0.1) is 12.7 Å². The Morgan fingerprint density at radius 1 is 1.00 bits per heavy atom. The summed E-state index contributed by atoms with van der Waals surface area (Å²) in [4.78, 5) is 12.6. The molecule has 3 nitrogen and oxygen atoms in total. The maximum absolute atomic E-state index is 13.4. The molecule has 164 valence electrons. The fourth-order valence-corrected chi connectivity index (χ4v) is 3.96. The van der Waals surface area contributed by atoms with Crippen molar-refractivity contribution in [1.82, 2.24) is 0 Å². The van der Waals surface area contributed by atoms with Crippen LogP contribution in [0.1, 0.15) is 40.9 Å². The van der Waals surface area contributed by atoms with E-state index in [1.807, 2.05) is 45.0 Å². The molecule has 1 aliphatic rings. The maximum Gasteiger partial charge on any atom is 0.417 e. The lowest BCUT2D eigenvalue weighted by molar-refractivity contribution is -0.138. The minimum absolute atomic E-state index is 0.321. The van der Waals surface area contributed by atoms with Crippen molar-refractivity contribution in [2.24, 2.45) is 0 Å². The number of hydrogen-bond donors (Lipinski definition) is 1. The van der Waals surface area contributed by atoms with Crippen molar-refractivity contribution >= 4 is 29.4 Å². The first-order valence-corrected chi connectivity index (χ1v) is 10.0. The standard InChI is InChI=1S/C24H20BF4NO2/c1-14-4-6-15(7-5-14)25-21-13-17(9-11-19(21)23(2,3)32-25)30-22(31)18-10-8-16(26)12-20(18)24(27,28)29/h4-13H,1-3H3,(H,30,31). The van der Waals surface area contributed by atoms with Crippen LogP contribution >= 0.6 is 0 Å².